The van der Waals surface area contributed by atoms with Crippen LogP contribution in [0.4, 0.5) is 0 Å². The fourth-order valence-corrected chi connectivity index (χ4v) is 2.83. The van der Waals surface area contributed by atoms with Crippen LogP contribution in [0.3, 0.4) is 0 Å². The molecule has 1 atom stereocenters. The first-order valence-corrected chi connectivity index (χ1v) is 8.75. The number of amides is 2. The molecule has 0 spiro atoms. The lowest BCUT2D eigenvalue weighted by molar-refractivity contribution is -0.130. The molecule has 25 heavy (non-hydrogen) atoms. The number of hydrogen-bond acceptors (Lipinski definition) is 2. The van der Waals surface area contributed by atoms with Crippen LogP contribution >= 0.6 is 11.6 Å². The lowest BCUT2D eigenvalue weighted by atomic mass is 10.0. The van der Waals surface area contributed by atoms with E-state index in [4.69, 9.17) is 11.6 Å². The van der Waals surface area contributed by atoms with Crippen molar-refractivity contribution in [1.82, 2.24) is 10.2 Å². The minimum absolute atomic E-state index is 0.00448. The first-order valence-electron chi connectivity index (χ1n) is 8.37. The Hall–Kier alpha value is -2.33. The van der Waals surface area contributed by atoms with E-state index in [-0.39, 0.29) is 18.2 Å². The molecule has 0 radical (unpaired) electrons. The molecular weight excluding hydrogens is 336 g/mol. The zero-order valence-corrected chi connectivity index (χ0v) is 15.3. The third-order valence-corrected chi connectivity index (χ3v) is 4.32. The van der Waals surface area contributed by atoms with Crippen LogP contribution in [0.25, 0.3) is 0 Å². The predicted octanol–water partition coefficient (Wildman–Crippen LogP) is 4.07. The summed E-state index contributed by atoms with van der Waals surface area (Å²) in [5.41, 5.74) is 1.29. The quantitative estimate of drug-likeness (QED) is 0.811. The number of halogens is 1. The Morgan fingerprint density at radius 2 is 1.72 bits per heavy atom. The van der Waals surface area contributed by atoms with E-state index in [0.717, 1.165) is 12.0 Å². The first kappa shape index (κ1) is 19.0. The van der Waals surface area contributed by atoms with Gasteiger partial charge in [0.05, 0.1) is 23.0 Å². The Bertz CT molecular complexity index is 719. The molecule has 1 unspecified atom stereocenters. The maximum atomic E-state index is 12.6. The van der Waals surface area contributed by atoms with Crippen LogP contribution in [0, 0.1) is 0 Å². The van der Waals surface area contributed by atoms with Gasteiger partial charge in [-0.1, -0.05) is 61.0 Å². The first-order chi connectivity index (χ1) is 12.0. The molecule has 0 heterocycles. The maximum Gasteiger partial charge on any atom is 0.253 e. The monoisotopic (exact) mass is 358 g/mol. The molecule has 0 aliphatic rings. The van der Waals surface area contributed by atoms with E-state index < -0.39 is 6.04 Å². The van der Waals surface area contributed by atoms with Crippen molar-refractivity contribution in [1.29, 1.82) is 0 Å². The van der Waals surface area contributed by atoms with Gasteiger partial charge in [-0.2, -0.15) is 0 Å². The number of nitrogens with zero attached hydrogens (tertiary/aromatic N) is 1. The van der Waals surface area contributed by atoms with Crippen LogP contribution in [0.2, 0.25) is 5.02 Å². The number of carbonyl (C=O) groups is 2. The van der Waals surface area contributed by atoms with Gasteiger partial charge in [0.25, 0.3) is 5.91 Å². The summed E-state index contributed by atoms with van der Waals surface area (Å²) in [7, 11) is 1.78. The average Bonchev–Trinajstić information content (AvgIpc) is 2.62. The molecule has 2 amide bonds. The Labute approximate surface area is 153 Å². The summed E-state index contributed by atoms with van der Waals surface area (Å²) in [5.74, 6) is -0.291. The Morgan fingerprint density at radius 3 is 2.36 bits per heavy atom. The molecule has 0 saturated carbocycles. The number of hydrogen-bond donors (Lipinski definition) is 1. The second-order valence-corrected chi connectivity index (χ2v) is 6.34. The number of benzene rings is 2. The van der Waals surface area contributed by atoms with Gasteiger partial charge in [0, 0.05) is 13.6 Å². The standard InChI is InChI=1S/C20H23ClN2O2/c1-3-13-23(2)19(24)14-18(15-9-5-4-6-10-15)22-20(25)16-11-7-8-12-17(16)21/h4-12,18H,3,13-14H2,1-2H3,(H,22,25). The van der Waals surface area contributed by atoms with Crippen molar-refractivity contribution in [3.05, 3.63) is 70.7 Å². The largest absolute Gasteiger partial charge is 0.346 e. The van der Waals surface area contributed by atoms with Crippen LogP contribution in [0.1, 0.15) is 41.7 Å². The van der Waals surface area contributed by atoms with Crippen LogP contribution in [-0.2, 0) is 4.79 Å². The Balaban J connectivity index is 2.19. The number of nitrogens with one attached hydrogen (secondary N) is 1. The highest BCUT2D eigenvalue weighted by Crippen LogP contribution is 2.21. The third kappa shape index (κ3) is 5.33. The lowest BCUT2D eigenvalue weighted by Gasteiger charge is -2.23. The Kier molecular flexibility index (Phi) is 7.02. The average molecular weight is 359 g/mol. The normalized spacial score (nSPS) is 11.6. The minimum atomic E-state index is -0.406. The summed E-state index contributed by atoms with van der Waals surface area (Å²) >= 11 is 6.11. The second kappa shape index (κ2) is 9.23. The van der Waals surface area contributed by atoms with Crippen LogP contribution in [0.5, 0.6) is 0 Å². The second-order valence-electron chi connectivity index (χ2n) is 5.94. The molecule has 1 N–H and O–H groups in total. The molecule has 0 aliphatic carbocycles. The number of rotatable bonds is 7. The highest BCUT2D eigenvalue weighted by Gasteiger charge is 2.21. The van der Waals surface area contributed by atoms with Gasteiger partial charge in [0.1, 0.15) is 0 Å². The Morgan fingerprint density at radius 1 is 1.08 bits per heavy atom. The van der Waals surface area contributed by atoms with Crippen molar-refractivity contribution in [3.8, 4) is 0 Å². The minimum Gasteiger partial charge on any atom is -0.346 e. The SMILES string of the molecule is CCCN(C)C(=O)CC(NC(=O)c1ccccc1Cl)c1ccccc1. The van der Waals surface area contributed by atoms with Gasteiger partial charge in [0.2, 0.25) is 5.91 Å². The zero-order valence-electron chi connectivity index (χ0n) is 14.5. The lowest BCUT2D eigenvalue weighted by Crippen LogP contribution is -2.35. The fourth-order valence-electron chi connectivity index (χ4n) is 2.61. The molecule has 0 bridgehead atoms. The molecule has 132 valence electrons. The molecule has 0 aromatic heterocycles. The van der Waals surface area contributed by atoms with Gasteiger partial charge in [0.15, 0.2) is 0 Å². The molecule has 2 aromatic rings. The third-order valence-electron chi connectivity index (χ3n) is 3.99. The van der Waals surface area contributed by atoms with Gasteiger partial charge in [-0.25, -0.2) is 0 Å². The molecule has 4 nitrogen and oxygen atoms in total. The van der Waals surface area contributed by atoms with Gasteiger partial charge in [-0.3, -0.25) is 9.59 Å². The molecule has 5 heteroatoms. The molecule has 2 rings (SSSR count). The van der Waals surface area contributed by atoms with Crippen molar-refractivity contribution in [2.24, 2.45) is 0 Å². The molecule has 2 aromatic carbocycles. The van der Waals surface area contributed by atoms with E-state index >= 15 is 0 Å². The zero-order chi connectivity index (χ0) is 18.2. The van der Waals surface area contributed by atoms with Crippen molar-refractivity contribution < 1.29 is 9.59 Å². The van der Waals surface area contributed by atoms with Gasteiger partial charge < -0.3 is 10.2 Å². The van der Waals surface area contributed by atoms with Crippen LogP contribution < -0.4 is 5.32 Å². The van der Waals surface area contributed by atoms with Gasteiger partial charge in [-0.05, 0) is 24.1 Å². The summed E-state index contributed by atoms with van der Waals surface area (Å²) < 4.78 is 0. The molecule has 0 aliphatic heterocycles. The summed E-state index contributed by atoms with van der Waals surface area (Å²) in [6.45, 7) is 2.72. The van der Waals surface area contributed by atoms with E-state index in [0.29, 0.717) is 17.1 Å². The van der Waals surface area contributed by atoms with Crippen molar-refractivity contribution >= 4 is 23.4 Å². The van der Waals surface area contributed by atoms with Crippen molar-refractivity contribution in [2.75, 3.05) is 13.6 Å². The van der Waals surface area contributed by atoms with E-state index in [9.17, 15) is 9.59 Å². The van der Waals surface area contributed by atoms with Crippen molar-refractivity contribution in [3.63, 3.8) is 0 Å². The summed E-state index contributed by atoms with van der Waals surface area (Å²) in [5, 5.41) is 3.34. The molecule has 0 fully saturated rings. The summed E-state index contributed by atoms with van der Waals surface area (Å²) in [6.07, 6.45) is 1.10. The fraction of sp³-hybridized carbons (Fsp3) is 0.300. The van der Waals surface area contributed by atoms with Gasteiger partial charge >= 0.3 is 0 Å². The predicted molar refractivity (Wildman–Crippen MR) is 101 cm³/mol. The highest BCUT2D eigenvalue weighted by molar-refractivity contribution is 6.33. The van der Waals surface area contributed by atoms with Gasteiger partial charge in [-0.15, -0.1) is 0 Å². The van der Waals surface area contributed by atoms with E-state index in [1.807, 2.05) is 37.3 Å². The topological polar surface area (TPSA) is 49.4 Å². The number of carbonyl (C=O) groups excluding carboxylic acids is 2. The van der Waals surface area contributed by atoms with E-state index in [1.165, 1.54) is 0 Å². The molecule has 0 saturated heterocycles. The van der Waals surface area contributed by atoms with Crippen molar-refractivity contribution in [2.45, 2.75) is 25.8 Å². The van der Waals surface area contributed by atoms with E-state index in [1.54, 1.807) is 36.2 Å². The summed E-state index contributed by atoms with van der Waals surface area (Å²) in [6, 6.07) is 16.0. The van der Waals surface area contributed by atoms with Crippen LogP contribution in [-0.4, -0.2) is 30.3 Å². The molecular formula is C20H23ClN2O2. The summed E-state index contributed by atoms with van der Waals surface area (Å²) in [4.78, 5) is 26.7. The smallest absolute Gasteiger partial charge is 0.253 e. The highest BCUT2D eigenvalue weighted by atomic mass is 35.5. The van der Waals surface area contributed by atoms with Crippen LogP contribution in [0.15, 0.2) is 54.6 Å². The van der Waals surface area contributed by atoms with E-state index in [2.05, 4.69) is 5.32 Å². The maximum absolute atomic E-state index is 12.6.